The monoisotopic (exact) mass is 412 g/mol. The van der Waals surface area contributed by atoms with Gasteiger partial charge in [-0.1, -0.05) is 36.4 Å². The molecule has 0 spiro atoms. The molecule has 2 aromatic heterocycles. The van der Waals surface area contributed by atoms with E-state index in [2.05, 4.69) is 94.4 Å². The van der Waals surface area contributed by atoms with Crippen LogP contribution in [0.4, 0.5) is 11.5 Å². The molecule has 6 nitrogen and oxygen atoms in total. The molecule has 158 valence electrons. The Balaban J connectivity index is 1.46. The lowest BCUT2D eigenvalue weighted by Crippen LogP contribution is -2.47. The molecule has 5 rings (SSSR count). The van der Waals surface area contributed by atoms with E-state index in [1.165, 1.54) is 16.8 Å². The fourth-order valence-electron chi connectivity index (χ4n) is 4.53. The standard InChI is InChI=1S/C25H28N6/c1-17-9-10-18(2)23(15-17)29-11-13-30(14-12-29)24-21-7-5-6-8-22(21)25(27-26-24)31-20(4)16-19(3)28-31/h5-10,15-16H,11-14H2,1-4H3. The molecule has 1 aliphatic heterocycles. The van der Waals surface area contributed by atoms with Gasteiger partial charge < -0.3 is 9.80 Å². The number of hydrogen-bond donors (Lipinski definition) is 0. The van der Waals surface area contributed by atoms with Gasteiger partial charge in [-0.2, -0.15) is 5.10 Å². The van der Waals surface area contributed by atoms with E-state index in [-0.39, 0.29) is 0 Å². The predicted octanol–water partition coefficient (Wildman–Crippen LogP) is 4.38. The van der Waals surface area contributed by atoms with Gasteiger partial charge in [-0.15, -0.1) is 10.2 Å². The van der Waals surface area contributed by atoms with E-state index in [1.54, 1.807) is 0 Å². The summed E-state index contributed by atoms with van der Waals surface area (Å²) in [5.74, 6) is 1.75. The van der Waals surface area contributed by atoms with Gasteiger partial charge in [0.1, 0.15) is 0 Å². The molecule has 0 amide bonds. The molecule has 0 radical (unpaired) electrons. The molecule has 1 aliphatic rings. The molecule has 6 heteroatoms. The van der Waals surface area contributed by atoms with E-state index in [9.17, 15) is 0 Å². The van der Waals surface area contributed by atoms with Gasteiger partial charge in [-0.25, -0.2) is 4.68 Å². The Morgan fingerprint density at radius 1 is 0.710 bits per heavy atom. The van der Waals surface area contributed by atoms with Crippen molar-refractivity contribution in [3.8, 4) is 5.82 Å². The van der Waals surface area contributed by atoms with Gasteiger partial charge in [-0.05, 0) is 51.0 Å². The lowest BCUT2D eigenvalue weighted by molar-refractivity contribution is 0.643. The van der Waals surface area contributed by atoms with Crippen molar-refractivity contribution in [1.29, 1.82) is 0 Å². The molecule has 0 saturated carbocycles. The summed E-state index contributed by atoms with van der Waals surface area (Å²) in [5.41, 5.74) is 6.02. The van der Waals surface area contributed by atoms with Crippen LogP contribution in [0.1, 0.15) is 22.5 Å². The first-order chi connectivity index (χ1) is 15.0. The van der Waals surface area contributed by atoms with Gasteiger partial charge in [0.05, 0.1) is 5.69 Å². The third-order valence-corrected chi connectivity index (χ3v) is 6.14. The van der Waals surface area contributed by atoms with Crippen LogP contribution in [0.25, 0.3) is 16.6 Å². The molecule has 1 saturated heterocycles. The van der Waals surface area contributed by atoms with Crippen LogP contribution in [0.15, 0.2) is 48.5 Å². The van der Waals surface area contributed by atoms with E-state index < -0.39 is 0 Å². The van der Waals surface area contributed by atoms with E-state index in [4.69, 9.17) is 0 Å². The smallest absolute Gasteiger partial charge is 0.183 e. The molecule has 0 bridgehead atoms. The molecule has 2 aromatic carbocycles. The Bertz CT molecular complexity index is 1250. The largest absolute Gasteiger partial charge is 0.368 e. The topological polar surface area (TPSA) is 50.1 Å². The Hall–Kier alpha value is -3.41. The van der Waals surface area contributed by atoms with Crippen molar-refractivity contribution in [1.82, 2.24) is 20.0 Å². The maximum absolute atomic E-state index is 4.68. The van der Waals surface area contributed by atoms with Gasteiger partial charge >= 0.3 is 0 Å². The van der Waals surface area contributed by atoms with Crippen molar-refractivity contribution >= 4 is 22.3 Å². The van der Waals surface area contributed by atoms with Crippen LogP contribution >= 0.6 is 0 Å². The molecule has 0 aliphatic carbocycles. The van der Waals surface area contributed by atoms with Crippen LogP contribution in [-0.2, 0) is 0 Å². The SMILES string of the molecule is Cc1ccc(C)c(N2CCN(c3nnc(-n4nc(C)cc4C)c4ccccc34)CC2)c1. The Morgan fingerprint density at radius 2 is 1.35 bits per heavy atom. The van der Waals surface area contributed by atoms with Crippen LogP contribution in [0, 0.1) is 27.7 Å². The van der Waals surface area contributed by atoms with Crippen LogP contribution in [0.5, 0.6) is 0 Å². The van der Waals surface area contributed by atoms with Gasteiger partial charge in [0, 0.05) is 48.3 Å². The molecular formula is C25H28N6. The van der Waals surface area contributed by atoms with Crippen LogP contribution in [0.3, 0.4) is 0 Å². The number of hydrogen-bond acceptors (Lipinski definition) is 5. The number of aryl methyl sites for hydroxylation is 4. The Labute approximate surface area is 183 Å². The highest BCUT2D eigenvalue weighted by Gasteiger charge is 2.23. The molecule has 1 fully saturated rings. The first-order valence-electron chi connectivity index (χ1n) is 10.9. The van der Waals surface area contributed by atoms with Gasteiger partial charge in [0.15, 0.2) is 11.6 Å². The normalized spacial score (nSPS) is 14.5. The highest BCUT2D eigenvalue weighted by Crippen LogP contribution is 2.30. The average Bonchev–Trinajstić information content (AvgIpc) is 3.12. The Kier molecular flexibility index (Phi) is 4.85. The van der Waals surface area contributed by atoms with Crippen molar-refractivity contribution in [2.75, 3.05) is 36.0 Å². The first-order valence-corrected chi connectivity index (χ1v) is 10.9. The molecule has 4 aromatic rings. The second-order valence-corrected chi connectivity index (χ2v) is 8.50. The zero-order valence-corrected chi connectivity index (χ0v) is 18.6. The summed E-state index contributed by atoms with van der Waals surface area (Å²) in [6.07, 6.45) is 0. The van der Waals surface area contributed by atoms with Crippen LogP contribution in [-0.4, -0.2) is 46.2 Å². The van der Waals surface area contributed by atoms with E-state index in [1.807, 2.05) is 11.6 Å². The van der Waals surface area contributed by atoms with Crippen molar-refractivity contribution in [3.05, 3.63) is 71.0 Å². The number of aromatic nitrogens is 4. The van der Waals surface area contributed by atoms with Crippen molar-refractivity contribution in [2.24, 2.45) is 0 Å². The number of anilines is 2. The predicted molar refractivity (Wildman–Crippen MR) is 126 cm³/mol. The molecule has 0 atom stereocenters. The fourth-order valence-corrected chi connectivity index (χ4v) is 4.53. The minimum absolute atomic E-state index is 0.791. The van der Waals surface area contributed by atoms with E-state index in [0.717, 1.165) is 60.0 Å². The number of rotatable bonds is 3. The highest BCUT2D eigenvalue weighted by atomic mass is 15.4. The number of piperazine rings is 1. The fraction of sp³-hybridized carbons (Fsp3) is 0.320. The van der Waals surface area contributed by atoms with Gasteiger partial charge in [0.25, 0.3) is 0 Å². The lowest BCUT2D eigenvalue weighted by atomic mass is 10.1. The number of nitrogens with zero attached hydrogens (tertiary/aromatic N) is 6. The lowest BCUT2D eigenvalue weighted by Gasteiger charge is -2.37. The Morgan fingerprint density at radius 3 is 2.03 bits per heavy atom. The summed E-state index contributed by atoms with van der Waals surface area (Å²) in [7, 11) is 0. The second-order valence-electron chi connectivity index (χ2n) is 8.50. The maximum atomic E-state index is 4.68. The molecule has 31 heavy (non-hydrogen) atoms. The van der Waals surface area contributed by atoms with Gasteiger partial charge in [-0.3, -0.25) is 0 Å². The minimum atomic E-state index is 0.791. The third-order valence-electron chi connectivity index (χ3n) is 6.14. The molecular weight excluding hydrogens is 384 g/mol. The second kappa shape index (κ2) is 7.69. The quantitative estimate of drug-likeness (QED) is 0.500. The van der Waals surface area contributed by atoms with Crippen molar-refractivity contribution < 1.29 is 0 Å². The zero-order valence-electron chi connectivity index (χ0n) is 18.6. The van der Waals surface area contributed by atoms with Crippen LogP contribution in [0.2, 0.25) is 0 Å². The first kappa shape index (κ1) is 19.5. The molecule has 0 N–H and O–H groups in total. The number of benzene rings is 2. The number of fused-ring (bicyclic) bond motifs is 1. The third kappa shape index (κ3) is 3.52. The zero-order chi connectivity index (χ0) is 21.5. The summed E-state index contributed by atoms with van der Waals surface area (Å²) in [6, 6.07) is 17.2. The van der Waals surface area contributed by atoms with Crippen molar-refractivity contribution in [3.63, 3.8) is 0 Å². The summed E-state index contributed by atoms with van der Waals surface area (Å²) >= 11 is 0. The maximum Gasteiger partial charge on any atom is 0.183 e. The summed E-state index contributed by atoms with van der Waals surface area (Å²) in [6.45, 7) is 12.2. The summed E-state index contributed by atoms with van der Waals surface area (Å²) < 4.78 is 1.90. The highest BCUT2D eigenvalue weighted by molar-refractivity contribution is 5.96. The molecule has 0 unspecified atom stereocenters. The van der Waals surface area contributed by atoms with Crippen LogP contribution < -0.4 is 9.80 Å². The van der Waals surface area contributed by atoms with E-state index in [0.29, 0.717) is 0 Å². The summed E-state index contributed by atoms with van der Waals surface area (Å²) in [5, 5.41) is 16.1. The van der Waals surface area contributed by atoms with Crippen molar-refractivity contribution in [2.45, 2.75) is 27.7 Å². The molecule has 3 heterocycles. The summed E-state index contributed by atoms with van der Waals surface area (Å²) in [4.78, 5) is 4.85. The van der Waals surface area contributed by atoms with E-state index >= 15 is 0 Å². The average molecular weight is 413 g/mol. The van der Waals surface area contributed by atoms with Gasteiger partial charge in [0.2, 0.25) is 0 Å². The minimum Gasteiger partial charge on any atom is -0.368 e.